The minimum absolute atomic E-state index is 0.0618. The number of nitrogens with zero attached hydrogens (tertiary/aromatic N) is 3. The number of benzene rings is 2. The Morgan fingerprint density at radius 1 is 0.641 bits per heavy atom. The van der Waals surface area contributed by atoms with Crippen LogP contribution in [-0.2, 0) is 38.6 Å². The van der Waals surface area contributed by atoms with Crippen molar-refractivity contribution in [2.45, 2.75) is 123 Å². The van der Waals surface area contributed by atoms with E-state index in [1.54, 1.807) is 22.9 Å². The highest BCUT2D eigenvalue weighted by Gasteiger charge is 2.27. The third-order valence-electron chi connectivity index (χ3n) is 11.2. The number of ketones is 2. The average Bonchev–Trinajstić information content (AvgIpc) is 3.70. The maximum atomic E-state index is 13.0. The highest BCUT2D eigenvalue weighted by molar-refractivity contribution is 5.95. The molecule has 3 aromatic rings. The van der Waals surface area contributed by atoms with Crippen molar-refractivity contribution < 1.29 is 28.8 Å². The molecule has 0 unspecified atom stereocenters. The SMILES string of the molecule is CC(C)C[C@H](NCN)C(=O)C[C@@H](CCCCNC(=O)c1ccc(CCc2cn(Cc3cccc(C(=O)NCCCC[C@H](CC(=O)[C@H](CC(C)C)NCN)C(N)=O)c3)nn2)cc1)C(N)=O. The molecule has 3 rings (SSSR count). The van der Waals surface area contributed by atoms with Gasteiger partial charge >= 0.3 is 0 Å². The van der Waals surface area contributed by atoms with Gasteiger partial charge in [-0.2, -0.15) is 0 Å². The lowest BCUT2D eigenvalue weighted by Gasteiger charge is -2.21. The number of rotatable bonds is 33. The van der Waals surface area contributed by atoms with Gasteiger partial charge < -0.3 is 33.6 Å². The molecule has 1 aromatic heterocycles. The fraction of sp³-hybridized carbons (Fsp3) is 0.574. The molecule has 0 saturated carbocycles. The number of hydrogen-bond donors (Lipinski definition) is 8. The number of unbranched alkanes of at least 4 members (excludes halogenated alkanes) is 2. The first-order valence-electron chi connectivity index (χ1n) is 22.7. The summed E-state index contributed by atoms with van der Waals surface area (Å²) in [7, 11) is 0. The zero-order valence-corrected chi connectivity index (χ0v) is 38.3. The van der Waals surface area contributed by atoms with Gasteiger partial charge in [0.2, 0.25) is 11.8 Å². The summed E-state index contributed by atoms with van der Waals surface area (Å²) in [6, 6.07) is 13.9. The number of aromatic nitrogens is 3. The summed E-state index contributed by atoms with van der Waals surface area (Å²) < 4.78 is 1.73. The Hall–Kier alpha value is -5.36. The van der Waals surface area contributed by atoms with Crippen LogP contribution in [0.5, 0.6) is 0 Å². The monoisotopic (exact) mass is 888 g/mol. The number of nitrogens with two attached hydrogens (primary N) is 4. The molecule has 12 N–H and O–H groups in total. The largest absolute Gasteiger partial charge is 0.369 e. The molecule has 0 aliphatic heterocycles. The lowest BCUT2D eigenvalue weighted by Crippen LogP contribution is -2.42. The van der Waals surface area contributed by atoms with E-state index in [1.165, 1.54) is 0 Å². The molecular weight excluding hydrogens is 815 g/mol. The maximum Gasteiger partial charge on any atom is 0.251 e. The summed E-state index contributed by atoms with van der Waals surface area (Å²) in [5.41, 5.74) is 26.3. The van der Waals surface area contributed by atoms with Crippen molar-refractivity contribution in [2.75, 3.05) is 26.4 Å². The number of carbonyl (C=O) groups is 6. The highest BCUT2D eigenvalue weighted by Crippen LogP contribution is 2.19. The zero-order valence-electron chi connectivity index (χ0n) is 38.3. The van der Waals surface area contributed by atoms with E-state index in [-0.39, 0.29) is 49.6 Å². The van der Waals surface area contributed by atoms with E-state index >= 15 is 0 Å². The number of amides is 4. The van der Waals surface area contributed by atoms with Gasteiger partial charge in [0.1, 0.15) is 0 Å². The number of nitrogens with one attached hydrogen (secondary N) is 4. The Bertz CT molecular complexity index is 1930. The van der Waals surface area contributed by atoms with E-state index in [0.29, 0.717) is 107 Å². The molecule has 2 aromatic carbocycles. The molecule has 4 amide bonds. The van der Waals surface area contributed by atoms with Crippen molar-refractivity contribution in [3.63, 3.8) is 0 Å². The van der Waals surface area contributed by atoms with Crippen molar-refractivity contribution in [2.24, 2.45) is 46.6 Å². The van der Waals surface area contributed by atoms with Gasteiger partial charge in [0, 0.05) is 68.4 Å². The highest BCUT2D eigenvalue weighted by atomic mass is 16.2. The van der Waals surface area contributed by atoms with Gasteiger partial charge in [-0.3, -0.25) is 39.4 Å². The van der Waals surface area contributed by atoms with Gasteiger partial charge in [-0.1, -0.05) is 70.0 Å². The standard InChI is InChI=1S/C47H73N11O6/c1-31(2)22-40(54-29-48)42(59)25-36(44(50)61)11-5-7-20-52-46(63)35-17-14-33(15-18-35)16-19-39-28-58(57-56-39)27-34-10-9-13-38(24-34)47(64)53-21-8-6-12-37(45(51)62)26-43(60)41(55-30-49)23-32(3)4/h9-10,13-15,17-18,24,28,31-32,36-37,40-41,54-55H,5-8,11-12,16,19-23,25-27,29-30,48-49H2,1-4H3,(H2,50,61)(H2,51,62)(H,52,63)(H,53,64)/t36-,37-,40+,41+/m1/s1. The van der Waals surface area contributed by atoms with Crippen molar-refractivity contribution in [1.82, 2.24) is 36.3 Å². The quantitative estimate of drug-likeness (QED) is 0.0324. The molecular formula is C47H73N11O6. The van der Waals surface area contributed by atoms with E-state index in [9.17, 15) is 28.8 Å². The third kappa shape index (κ3) is 19.6. The number of aryl methyl sites for hydroxylation is 2. The first kappa shape index (κ1) is 53.0. The molecule has 17 heteroatoms. The fourth-order valence-electron chi connectivity index (χ4n) is 7.61. The van der Waals surface area contributed by atoms with Crippen molar-refractivity contribution in [3.8, 4) is 0 Å². The minimum atomic E-state index is -0.570. The Labute approximate surface area is 378 Å². The van der Waals surface area contributed by atoms with E-state index in [0.717, 1.165) is 16.8 Å². The molecule has 64 heavy (non-hydrogen) atoms. The van der Waals surface area contributed by atoms with Crippen LogP contribution in [0.2, 0.25) is 0 Å². The molecule has 0 saturated heterocycles. The van der Waals surface area contributed by atoms with Gasteiger partial charge in [-0.25, -0.2) is 4.68 Å². The Balaban J connectivity index is 1.38. The second kappa shape index (κ2) is 28.4. The Kier molecular flexibility index (Phi) is 23.5. The molecule has 0 aliphatic carbocycles. The van der Waals surface area contributed by atoms with Crippen LogP contribution in [0.1, 0.15) is 129 Å². The van der Waals surface area contributed by atoms with Crippen LogP contribution in [0, 0.1) is 23.7 Å². The van der Waals surface area contributed by atoms with Crippen molar-refractivity contribution >= 4 is 35.2 Å². The molecule has 0 fully saturated rings. The first-order chi connectivity index (χ1) is 30.6. The summed E-state index contributed by atoms with van der Waals surface area (Å²) in [5.74, 6) is -2.07. The normalized spacial score (nSPS) is 13.3. The molecule has 4 atom stereocenters. The fourth-order valence-corrected chi connectivity index (χ4v) is 7.61. The van der Waals surface area contributed by atoms with Gasteiger partial charge in [0.25, 0.3) is 11.8 Å². The van der Waals surface area contributed by atoms with Gasteiger partial charge in [-0.15, -0.1) is 5.10 Å². The summed E-state index contributed by atoms with van der Waals surface area (Å²) in [6.07, 6.45) is 8.10. The van der Waals surface area contributed by atoms with Crippen LogP contribution in [0.4, 0.5) is 0 Å². The molecule has 0 aliphatic rings. The molecule has 352 valence electrons. The molecule has 0 radical (unpaired) electrons. The van der Waals surface area contributed by atoms with E-state index < -0.39 is 35.7 Å². The predicted octanol–water partition coefficient (Wildman–Crippen LogP) is 2.87. The van der Waals surface area contributed by atoms with E-state index in [2.05, 4.69) is 31.6 Å². The first-order valence-corrected chi connectivity index (χ1v) is 22.7. The maximum absolute atomic E-state index is 13.0. The molecule has 17 nitrogen and oxygen atoms in total. The smallest absolute Gasteiger partial charge is 0.251 e. The Morgan fingerprint density at radius 3 is 1.64 bits per heavy atom. The summed E-state index contributed by atoms with van der Waals surface area (Å²) >= 11 is 0. The van der Waals surface area contributed by atoms with Crippen LogP contribution in [-0.4, -0.2) is 88.7 Å². The van der Waals surface area contributed by atoms with Crippen LogP contribution in [0.15, 0.2) is 54.7 Å². The van der Waals surface area contributed by atoms with Gasteiger partial charge in [0.05, 0.1) is 24.3 Å². The van der Waals surface area contributed by atoms with Gasteiger partial charge in [-0.05, 0) is 98.6 Å². The predicted molar refractivity (Wildman–Crippen MR) is 247 cm³/mol. The summed E-state index contributed by atoms with van der Waals surface area (Å²) in [5, 5.41) is 20.5. The lowest BCUT2D eigenvalue weighted by molar-refractivity contribution is -0.128. The van der Waals surface area contributed by atoms with Gasteiger partial charge in [0.15, 0.2) is 11.6 Å². The minimum Gasteiger partial charge on any atom is -0.369 e. The second-order valence-corrected chi connectivity index (χ2v) is 17.5. The van der Waals surface area contributed by atoms with Crippen LogP contribution < -0.4 is 44.2 Å². The van der Waals surface area contributed by atoms with Crippen LogP contribution >= 0.6 is 0 Å². The summed E-state index contributed by atoms with van der Waals surface area (Å²) in [6.45, 7) is 9.73. The van der Waals surface area contributed by atoms with E-state index in [1.807, 2.05) is 64.2 Å². The van der Waals surface area contributed by atoms with E-state index in [4.69, 9.17) is 22.9 Å². The Morgan fingerprint density at radius 2 is 1.16 bits per heavy atom. The second-order valence-electron chi connectivity index (χ2n) is 17.5. The topological polar surface area (TPSA) is 285 Å². The molecule has 0 bridgehead atoms. The summed E-state index contributed by atoms with van der Waals surface area (Å²) in [4.78, 5) is 75.6. The lowest BCUT2D eigenvalue weighted by atomic mass is 9.90. The zero-order chi connectivity index (χ0) is 47.0. The van der Waals surface area contributed by atoms with Crippen molar-refractivity contribution in [3.05, 3.63) is 82.7 Å². The number of Topliss-reactive ketones (excluding diaryl/α,β-unsaturated/α-hetero) is 2. The number of carbonyl (C=O) groups excluding carboxylic acids is 6. The average molecular weight is 888 g/mol. The number of hydrogen-bond acceptors (Lipinski definition) is 12. The molecule has 1 heterocycles. The van der Waals surface area contributed by atoms with Crippen molar-refractivity contribution in [1.29, 1.82) is 0 Å². The number of primary amides is 2. The molecule has 0 spiro atoms. The third-order valence-corrected chi connectivity index (χ3v) is 11.2. The van der Waals surface area contributed by atoms with Crippen LogP contribution in [0.3, 0.4) is 0 Å². The van der Waals surface area contributed by atoms with Crippen LogP contribution in [0.25, 0.3) is 0 Å².